The van der Waals surface area contributed by atoms with Crippen molar-refractivity contribution in [3.63, 3.8) is 0 Å². The lowest BCUT2D eigenvalue weighted by Gasteiger charge is -2.41. The molecule has 0 spiro atoms. The summed E-state index contributed by atoms with van der Waals surface area (Å²) in [6, 6.07) is 7.44. The molecule has 1 aromatic heterocycles. The van der Waals surface area contributed by atoms with Crippen molar-refractivity contribution in [2.45, 2.75) is 37.6 Å². The molecule has 0 bridgehead atoms. The summed E-state index contributed by atoms with van der Waals surface area (Å²) in [5.41, 5.74) is -0.857. The van der Waals surface area contributed by atoms with Crippen molar-refractivity contribution in [1.29, 1.82) is 0 Å². The predicted octanol–water partition coefficient (Wildman–Crippen LogP) is 0.326. The van der Waals surface area contributed by atoms with Gasteiger partial charge in [0.15, 0.2) is 11.9 Å². The molecule has 6 N–H and O–H groups in total. The minimum absolute atomic E-state index is 0.0805. The van der Waals surface area contributed by atoms with E-state index in [2.05, 4.69) is 0 Å². The van der Waals surface area contributed by atoms with Crippen molar-refractivity contribution in [1.82, 2.24) is 0 Å². The zero-order valence-corrected chi connectivity index (χ0v) is 18.2. The van der Waals surface area contributed by atoms with Crippen LogP contribution in [-0.4, -0.2) is 73.9 Å². The van der Waals surface area contributed by atoms with Gasteiger partial charge in [0.25, 0.3) is 0 Å². The van der Waals surface area contributed by atoms with Crippen LogP contribution in [0.1, 0.15) is 6.92 Å². The Kier molecular flexibility index (Phi) is 6.54. The first kappa shape index (κ1) is 24.3. The molecular formula is C23H22O12. The second kappa shape index (κ2) is 9.43. The number of hydrogen-bond donors (Lipinski definition) is 6. The van der Waals surface area contributed by atoms with Gasteiger partial charge in [-0.15, -0.1) is 0 Å². The molecule has 35 heavy (non-hydrogen) atoms. The van der Waals surface area contributed by atoms with Gasteiger partial charge in [0.05, 0.1) is 6.61 Å². The largest absolute Gasteiger partial charge is 0.508 e. The summed E-state index contributed by atoms with van der Waals surface area (Å²) in [6.07, 6.45) is -8.03. The van der Waals surface area contributed by atoms with Gasteiger partial charge in [-0.2, -0.15) is 0 Å². The molecule has 3 aromatic rings. The van der Waals surface area contributed by atoms with Gasteiger partial charge >= 0.3 is 5.97 Å². The lowest BCUT2D eigenvalue weighted by Crippen LogP contribution is -2.61. The molecule has 0 unspecified atom stereocenters. The number of esters is 1. The number of aromatic hydroxyl groups is 3. The van der Waals surface area contributed by atoms with Crippen LogP contribution >= 0.6 is 0 Å². The zero-order chi connectivity index (χ0) is 25.4. The van der Waals surface area contributed by atoms with E-state index in [9.17, 15) is 40.2 Å². The van der Waals surface area contributed by atoms with Gasteiger partial charge < -0.3 is 49.3 Å². The number of aliphatic hydroxyl groups excluding tert-OH is 3. The third-order valence-corrected chi connectivity index (χ3v) is 5.41. The number of ether oxygens (including phenoxy) is 3. The van der Waals surface area contributed by atoms with Crippen molar-refractivity contribution in [2.75, 3.05) is 6.61 Å². The average molecular weight is 490 g/mol. The van der Waals surface area contributed by atoms with Crippen molar-refractivity contribution in [3.8, 4) is 34.3 Å². The number of rotatable bonds is 5. The molecule has 12 nitrogen and oxygen atoms in total. The van der Waals surface area contributed by atoms with E-state index in [1.807, 2.05) is 0 Å². The Morgan fingerprint density at radius 2 is 1.71 bits per heavy atom. The minimum atomic E-state index is -1.75. The topological polar surface area (TPSA) is 196 Å². The lowest BCUT2D eigenvalue weighted by atomic mass is 9.99. The molecule has 1 aliphatic heterocycles. The van der Waals surface area contributed by atoms with Crippen molar-refractivity contribution >= 4 is 16.9 Å². The number of fused-ring (bicyclic) bond motifs is 1. The summed E-state index contributed by atoms with van der Waals surface area (Å²) in [5, 5.41) is 59.6. The molecule has 0 saturated carbocycles. The fraction of sp³-hybridized carbons (Fsp3) is 0.304. The van der Waals surface area contributed by atoms with Gasteiger partial charge in [0, 0.05) is 24.6 Å². The third-order valence-electron chi connectivity index (χ3n) is 5.41. The molecule has 2 aromatic carbocycles. The Hall–Kier alpha value is -3.84. The molecule has 4 rings (SSSR count). The van der Waals surface area contributed by atoms with Crippen molar-refractivity contribution < 1.29 is 54.1 Å². The molecule has 1 saturated heterocycles. The van der Waals surface area contributed by atoms with Gasteiger partial charge in [-0.25, -0.2) is 0 Å². The second-order valence-electron chi connectivity index (χ2n) is 7.87. The van der Waals surface area contributed by atoms with Crippen LogP contribution in [0.3, 0.4) is 0 Å². The van der Waals surface area contributed by atoms with E-state index in [1.54, 1.807) is 0 Å². The van der Waals surface area contributed by atoms with Crippen LogP contribution in [0.4, 0.5) is 0 Å². The number of carbonyl (C=O) groups excluding carboxylic acids is 1. The highest BCUT2D eigenvalue weighted by Gasteiger charge is 2.48. The van der Waals surface area contributed by atoms with Crippen LogP contribution in [0.15, 0.2) is 45.6 Å². The second-order valence-corrected chi connectivity index (χ2v) is 7.87. The Morgan fingerprint density at radius 3 is 2.34 bits per heavy atom. The van der Waals surface area contributed by atoms with E-state index in [-0.39, 0.29) is 33.8 Å². The fourth-order valence-electron chi connectivity index (χ4n) is 3.76. The zero-order valence-electron chi connectivity index (χ0n) is 18.2. The number of phenols is 3. The Bertz CT molecular complexity index is 1300. The number of phenolic OH excluding ortho intramolecular Hbond substituents is 3. The predicted molar refractivity (Wildman–Crippen MR) is 117 cm³/mol. The first-order valence-electron chi connectivity index (χ1n) is 10.4. The smallest absolute Gasteiger partial charge is 0.303 e. The molecule has 0 aliphatic carbocycles. The molecule has 1 aliphatic rings. The van der Waals surface area contributed by atoms with Crippen LogP contribution < -0.4 is 10.2 Å². The molecule has 5 atom stereocenters. The highest BCUT2D eigenvalue weighted by Crippen LogP contribution is 2.37. The summed E-state index contributed by atoms with van der Waals surface area (Å²) < 4.78 is 22.0. The van der Waals surface area contributed by atoms with Crippen LogP contribution in [0.5, 0.6) is 23.0 Å². The van der Waals surface area contributed by atoms with Gasteiger partial charge in [-0.1, -0.05) is 0 Å². The van der Waals surface area contributed by atoms with Crippen molar-refractivity contribution in [3.05, 3.63) is 46.6 Å². The summed E-state index contributed by atoms with van der Waals surface area (Å²) in [5.74, 6) is -2.66. The highest BCUT2D eigenvalue weighted by atomic mass is 16.7. The minimum Gasteiger partial charge on any atom is -0.508 e. The highest BCUT2D eigenvalue weighted by molar-refractivity contribution is 5.88. The first-order valence-corrected chi connectivity index (χ1v) is 10.4. The molecule has 0 amide bonds. The maximum absolute atomic E-state index is 13.4. The lowest BCUT2D eigenvalue weighted by molar-refractivity contribution is -0.282. The number of hydrogen-bond acceptors (Lipinski definition) is 12. The van der Waals surface area contributed by atoms with Gasteiger partial charge in [0.2, 0.25) is 17.5 Å². The molecule has 1 fully saturated rings. The summed E-state index contributed by atoms with van der Waals surface area (Å²) in [7, 11) is 0. The number of benzene rings is 2. The Labute approximate surface area is 196 Å². The fourth-order valence-corrected chi connectivity index (χ4v) is 3.76. The third kappa shape index (κ3) is 4.59. The van der Waals surface area contributed by atoms with E-state index in [4.69, 9.17) is 18.6 Å². The Balaban J connectivity index is 1.90. The summed E-state index contributed by atoms with van der Waals surface area (Å²) >= 11 is 0. The molecule has 12 heteroatoms. The standard InChI is InChI=1S/C23H22O12/c1-9(25)32-22-19(31)17(29)15(8-24)34-23(22)35-21-18(30)16-13(28)6-12(27)7-14(16)33-20(21)10-2-4-11(26)5-3-10/h2-7,15,17,19,22-24,26-29,31H,8H2,1H3/t15-,17+,19+,22-,23+/m0/s1. The maximum Gasteiger partial charge on any atom is 0.303 e. The first-order chi connectivity index (χ1) is 16.6. The van der Waals surface area contributed by atoms with Gasteiger partial charge in [0.1, 0.15) is 46.5 Å². The number of aliphatic hydroxyl groups is 3. The Morgan fingerprint density at radius 1 is 1.03 bits per heavy atom. The van der Waals surface area contributed by atoms with E-state index in [0.29, 0.717) is 0 Å². The molecule has 186 valence electrons. The van der Waals surface area contributed by atoms with E-state index in [0.717, 1.165) is 19.1 Å². The van der Waals surface area contributed by atoms with Crippen molar-refractivity contribution in [2.24, 2.45) is 0 Å². The average Bonchev–Trinajstić information content (AvgIpc) is 2.79. The van der Waals surface area contributed by atoms with E-state index in [1.165, 1.54) is 24.3 Å². The van der Waals surface area contributed by atoms with Gasteiger partial charge in [-0.3, -0.25) is 9.59 Å². The van der Waals surface area contributed by atoms with Gasteiger partial charge in [-0.05, 0) is 24.3 Å². The maximum atomic E-state index is 13.4. The van der Waals surface area contributed by atoms with Crippen LogP contribution in [0.2, 0.25) is 0 Å². The summed E-state index contributed by atoms with van der Waals surface area (Å²) in [6.45, 7) is 0.313. The molecule has 2 heterocycles. The quantitative estimate of drug-likeness (QED) is 0.268. The normalized spacial score (nSPS) is 24.3. The van der Waals surface area contributed by atoms with Crippen LogP contribution in [0, 0.1) is 0 Å². The SMILES string of the molecule is CC(=O)O[C@@H]1[C@@H](Oc2c(-c3ccc(O)cc3)oc3cc(O)cc(O)c3c2=O)O[C@@H](CO)[C@@H](O)[C@H]1O. The number of carbonyl (C=O) groups is 1. The monoisotopic (exact) mass is 490 g/mol. The molecular weight excluding hydrogens is 468 g/mol. The van der Waals surface area contributed by atoms with E-state index >= 15 is 0 Å². The molecule has 0 radical (unpaired) electrons. The van der Waals surface area contributed by atoms with Crippen LogP contribution in [-0.2, 0) is 14.3 Å². The van der Waals surface area contributed by atoms with E-state index < -0.39 is 60.2 Å². The van der Waals surface area contributed by atoms with Crippen LogP contribution in [0.25, 0.3) is 22.3 Å². The summed E-state index contributed by atoms with van der Waals surface area (Å²) in [4.78, 5) is 25.0.